The number of hydrogen-bond acceptors (Lipinski definition) is 5. The Balaban J connectivity index is 2.03. The van der Waals surface area contributed by atoms with Gasteiger partial charge in [-0.05, 0) is 17.3 Å². The van der Waals surface area contributed by atoms with Crippen LogP contribution >= 0.6 is 11.8 Å². The van der Waals surface area contributed by atoms with Crippen LogP contribution in [0.1, 0.15) is 5.56 Å². The number of aliphatic imine (C=N–C) groups is 1. The Labute approximate surface area is 103 Å². The maximum absolute atomic E-state index is 8.87. The lowest BCUT2D eigenvalue weighted by Crippen LogP contribution is -2.40. The van der Waals surface area contributed by atoms with Crippen LogP contribution in [0.3, 0.4) is 0 Å². The van der Waals surface area contributed by atoms with Crippen molar-refractivity contribution in [3.8, 4) is 12.1 Å². The summed E-state index contributed by atoms with van der Waals surface area (Å²) in [6, 6.07) is 13.6. The van der Waals surface area contributed by atoms with Crippen molar-refractivity contribution < 1.29 is 0 Å². The first-order valence-electron chi connectivity index (χ1n) is 4.91. The number of amidine groups is 1. The number of nitrogens with one attached hydrogen (secondary N) is 2. The highest BCUT2D eigenvalue weighted by atomic mass is 32.2. The summed E-state index contributed by atoms with van der Waals surface area (Å²) < 4.78 is 0. The molecule has 5 nitrogen and oxygen atoms in total. The van der Waals surface area contributed by atoms with Crippen LogP contribution in [0.4, 0.5) is 0 Å². The van der Waals surface area contributed by atoms with E-state index in [0.29, 0.717) is 11.7 Å². The van der Waals surface area contributed by atoms with Crippen molar-refractivity contribution >= 4 is 16.9 Å². The molecule has 0 aliphatic carbocycles. The largest absolute Gasteiger partial charge is 0.297 e. The minimum atomic E-state index is -1.27. The maximum atomic E-state index is 8.87. The van der Waals surface area contributed by atoms with Crippen LogP contribution in [-0.4, -0.2) is 10.0 Å². The zero-order chi connectivity index (χ0) is 12.1. The molecule has 0 amide bonds. The van der Waals surface area contributed by atoms with Gasteiger partial charge in [0.25, 0.3) is 4.87 Å². The fourth-order valence-corrected chi connectivity index (χ4v) is 2.00. The monoisotopic (exact) mass is 243 g/mol. The van der Waals surface area contributed by atoms with E-state index < -0.39 is 4.87 Å². The third-order valence-corrected chi connectivity index (χ3v) is 3.17. The average Bonchev–Trinajstić information content (AvgIpc) is 2.82. The number of nitriles is 2. The molecule has 0 unspecified atom stereocenters. The molecule has 2 N–H and O–H groups in total. The molecule has 2 rings (SSSR count). The molecule has 1 aromatic carbocycles. The van der Waals surface area contributed by atoms with Gasteiger partial charge in [0, 0.05) is 0 Å². The van der Waals surface area contributed by atoms with Crippen LogP contribution in [0, 0.1) is 22.7 Å². The second kappa shape index (κ2) is 4.88. The summed E-state index contributed by atoms with van der Waals surface area (Å²) in [5.41, 5.74) is 6.43. The van der Waals surface area contributed by atoms with Crippen LogP contribution in [0.25, 0.3) is 0 Å². The Morgan fingerprint density at radius 1 is 1.24 bits per heavy atom. The van der Waals surface area contributed by atoms with Crippen molar-refractivity contribution in [3.05, 3.63) is 35.9 Å². The van der Waals surface area contributed by atoms with Gasteiger partial charge in [-0.15, -0.1) is 0 Å². The van der Waals surface area contributed by atoms with E-state index in [1.807, 2.05) is 42.5 Å². The fraction of sp³-hybridized carbons (Fsp3) is 0.182. The van der Waals surface area contributed by atoms with E-state index in [0.717, 1.165) is 17.3 Å². The first-order valence-corrected chi connectivity index (χ1v) is 5.73. The maximum Gasteiger partial charge on any atom is 0.263 e. The van der Waals surface area contributed by atoms with Gasteiger partial charge in [0.2, 0.25) is 0 Å². The number of nitrogens with zero attached hydrogens (tertiary/aromatic N) is 3. The quantitative estimate of drug-likeness (QED) is 0.813. The molecule has 1 fully saturated rings. The Morgan fingerprint density at radius 3 is 2.53 bits per heavy atom. The summed E-state index contributed by atoms with van der Waals surface area (Å²) in [7, 11) is 0. The van der Waals surface area contributed by atoms with Crippen LogP contribution < -0.4 is 10.9 Å². The van der Waals surface area contributed by atoms with Gasteiger partial charge >= 0.3 is 0 Å². The summed E-state index contributed by atoms with van der Waals surface area (Å²) >= 11 is 1.08. The molecule has 84 valence electrons. The Hall–Kier alpha value is -2.02. The van der Waals surface area contributed by atoms with E-state index in [2.05, 4.69) is 15.8 Å². The lowest BCUT2D eigenvalue weighted by molar-refractivity contribution is 0.640. The summed E-state index contributed by atoms with van der Waals surface area (Å²) in [5.74, 6) is 0. The summed E-state index contributed by atoms with van der Waals surface area (Å²) in [6.45, 7) is 0.519. The second-order valence-electron chi connectivity index (χ2n) is 3.36. The Morgan fingerprint density at radius 2 is 1.94 bits per heavy atom. The second-order valence-corrected chi connectivity index (χ2v) is 4.57. The topological polar surface area (TPSA) is 84.0 Å². The minimum Gasteiger partial charge on any atom is -0.297 e. The number of hydrazine groups is 1. The van der Waals surface area contributed by atoms with Gasteiger partial charge in [0.05, 0.1) is 6.54 Å². The molecule has 6 heteroatoms. The highest BCUT2D eigenvalue weighted by molar-refractivity contribution is 8.15. The van der Waals surface area contributed by atoms with Gasteiger partial charge in [-0.2, -0.15) is 15.9 Å². The molecule has 0 aromatic heterocycles. The van der Waals surface area contributed by atoms with Crippen molar-refractivity contribution in [2.45, 2.75) is 11.4 Å². The van der Waals surface area contributed by atoms with Crippen molar-refractivity contribution in [2.24, 2.45) is 4.99 Å². The molecule has 1 aromatic rings. The fourth-order valence-electron chi connectivity index (χ4n) is 1.28. The summed E-state index contributed by atoms with van der Waals surface area (Å²) in [4.78, 5) is 3.02. The molecular weight excluding hydrogens is 234 g/mol. The predicted octanol–water partition coefficient (Wildman–Crippen LogP) is 1.13. The average molecular weight is 243 g/mol. The molecule has 1 aliphatic rings. The third kappa shape index (κ3) is 2.56. The number of thioether (sulfide) groups is 1. The van der Waals surface area contributed by atoms with Crippen LogP contribution in [0.5, 0.6) is 0 Å². The van der Waals surface area contributed by atoms with E-state index in [9.17, 15) is 0 Å². The van der Waals surface area contributed by atoms with Crippen molar-refractivity contribution in [2.75, 3.05) is 0 Å². The van der Waals surface area contributed by atoms with Gasteiger partial charge in [0.1, 0.15) is 12.1 Å². The molecule has 0 atom stereocenters. The number of rotatable bonds is 2. The van der Waals surface area contributed by atoms with Gasteiger partial charge in [-0.3, -0.25) is 10.4 Å². The van der Waals surface area contributed by atoms with E-state index in [1.165, 1.54) is 0 Å². The molecule has 0 radical (unpaired) electrons. The van der Waals surface area contributed by atoms with Gasteiger partial charge in [-0.25, -0.2) is 0 Å². The van der Waals surface area contributed by atoms with Crippen molar-refractivity contribution in [1.82, 2.24) is 10.9 Å². The first kappa shape index (κ1) is 11.5. The SMILES string of the molecule is N#CC1(C#N)NNC(=NCc2ccccc2)S1. The Kier molecular flexibility index (Phi) is 3.29. The molecular formula is C11H9N5S. The van der Waals surface area contributed by atoms with E-state index in [1.54, 1.807) is 0 Å². The Bertz CT molecular complexity index is 497. The van der Waals surface area contributed by atoms with E-state index in [4.69, 9.17) is 10.5 Å². The van der Waals surface area contributed by atoms with Gasteiger partial charge in [0.15, 0.2) is 5.17 Å². The lowest BCUT2D eigenvalue weighted by Gasteiger charge is -2.04. The van der Waals surface area contributed by atoms with Gasteiger partial charge < -0.3 is 0 Å². The van der Waals surface area contributed by atoms with Gasteiger partial charge in [-0.1, -0.05) is 30.3 Å². The zero-order valence-corrected chi connectivity index (χ0v) is 9.66. The van der Waals surface area contributed by atoms with E-state index in [-0.39, 0.29) is 0 Å². The third-order valence-electron chi connectivity index (χ3n) is 2.16. The normalized spacial score (nSPS) is 19.3. The number of benzene rings is 1. The number of hydrogen-bond donors (Lipinski definition) is 2. The molecule has 0 spiro atoms. The minimum absolute atomic E-state index is 0.519. The highest BCUT2D eigenvalue weighted by Crippen LogP contribution is 2.25. The first-order chi connectivity index (χ1) is 8.28. The summed E-state index contributed by atoms with van der Waals surface area (Å²) in [5, 5.41) is 18.3. The smallest absolute Gasteiger partial charge is 0.263 e. The lowest BCUT2D eigenvalue weighted by atomic mass is 10.2. The molecule has 0 bridgehead atoms. The highest BCUT2D eigenvalue weighted by Gasteiger charge is 2.38. The molecule has 1 heterocycles. The predicted molar refractivity (Wildman–Crippen MR) is 65.4 cm³/mol. The van der Waals surface area contributed by atoms with Crippen LogP contribution in [-0.2, 0) is 6.54 Å². The van der Waals surface area contributed by atoms with Crippen LogP contribution in [0.15, 0.2) is 35.3 Å². The molecule has 0 saturated carbocycles. The van der Waals surface area contributed by atoms with E-state index >= 15 is 0 Å². The van der Waals surface area contributed by atoms with Crippen molar-refractivity contribution in [1.29, 1.82) is 10.5 Å². The molecule has 1 aliphatic heterocycles. The summed E-state index contributed by atoms with van der Waals surface area (Å²) in [6.07, 6.45) is 0. The standard InChI is InChI=1S/C11H9N5S/c12-7-11(8-13)16-15-10(17-11)14-6-9-4-2-1-3-5-9/h1-5,16H,6H2,(H,14,15). The molecule has 17 heavy (non-hydrogen) atoms. The zero-order valence-electron chi connectivity index (χ0n) is 8.84. The van der Waals surface area contributed by atoms with Crippen molar-refractivity contribution in [3.63, 3.8) is 0 Å². The van der Waals surface area contributed by atoms with Crippen LogP contribution in [0.2, 0.25) is 0 Å². The molecule has 1 saturated heterocycles.